The van der Waals surface area contributed by atoms with Crippen LogP contribution in [0.15, 0.2) is 58.4 Å². The topological polar surface area (TPSA) is 35.9 Å². The number of nitrogens with zero attached hydrogens (tertiary/aromatic N) is 3. The van der Waals surface area contributed by atoms with Crippen LogP contribution in [0.3, 0.4) is 0 Å². The van der Waals surface area contributed by atoms with E-state index in [9.17, 15) is 9.18 Å². The van der Waals surface area contributed by atoms with E-state index in [1.807, 2.05) is 29.2 Å². The molecule has 1 amide bonds. The Hall–Kier alpha value is -2.31. The van der Waals surface area contributed by atoms with Crippen LogP contribution in [0.1, 0.15) is 5.56 Å². The van der Waals surface area contributed by atoms with Crippen LogP contribution in [0.4, 0.5) is 10.1 Å². The minimum atomic E-state index is -0.244. The van der Waals surface area contributed by atoms with Gasteiger partial charge in [0.25, 0.3) is 5.91 Å². The molecule has 2 aliphatic rings. The number of benzene rings is 2. The summed E-state index contributed by atoms with van der Waals surface area (Å²) in [5.41, 5.74) is 1.42. The number of halogens is 2. The third-order valence-corrected chi connectivity index (χ3v) is 5.93. The maximum Gasteiger partial charge on any atom is 0.286 e. The number of amidine groups is 1. The second kappa shape index (κ2) is 7.74. The zero-order valence-electron chi connectivity index (χ0n) is 14.4. The van der Waals surface area contributed by atoms with Gasteiger partial charge >= 0.3 is 0 Å². The van der Waals surface area contributed by atoms with Crippen LogP contribution in [0.5, 0.6) is 0 Å². The first kappa shape index (κ1) is 18.1. The zero-order valence-corrected chi connectivity index (χ0v) is 16.0. The van der Waals surface area contributed by atoms with Crippen molar-refractivity contribution in [3.8, 4) is 0 Å². The monoisotopic (exact) mass is 401 g/mol. The molecular formula is C20H17ClFN3OS. The average Bonchev–Trinajstić information content (AvgIpc) is 3.05. The Balaban J connectivity index is 1.43. The van der Waals surface area contributed by atoms with Gasteiger partial charge in [-0.25, -0.2) is 4.39 Å². The van der Waals surface area contributed by atoms with Crippen molar-refractivity contribution in [3.05, 3.63) is 69.8 Å². The van der Waals surface area contributed by atoms with E-state index < -0.39 is 0 Å². The van der Waals surface area contributed by atoms with Crippen molar-refractivity contribution in [1.82, 2.24) is 4.90 Å². The van der Waals surface area contributed by atoms with Crippen molar-refractivity contribution in [2.45, 2.75) is 0 Å². The van der Waals surface area contributed by atoms with Gasteiger partial charge in [0.05, 0.1) is 10.6 Å². The molecule has 0 unspecified atom stereocenters. The summed E-state index contributed by atoms with van der Waals surface area (Å²) < 4.78 is 14.0. The molecule has 0 bridgehead atoms. The molecule has 4 rings (SSSR count). The first-order valence-electron chi connectivity index (χ1n) is 8.63. The number of hydrogen-bond acceptors (Lipinski definition) is 4. The summed E-state index contributed by atoms with van der Waals surface area (Å²) in [5.74, 6) is -0.454. The molecule has 0 aromatic heterocycles. The number of amides is 1. The molecule has 0 saturated carbocycles. The van der Waals surface area contributed by atoms with Crippen molar-refractivity contribution in [1.29, 1.82) is 0 Å². The predicted octanol–water partition coefficient (Wildman–Crippen LogP) is 4.27. The number of carbonyl (C=O) groups is 1. The summed E-state index contributed by atoms with van der Waals surface area (Å²) in [7, 11) is 0. The van der Waals surface area contributed by atoms with Gasteiger partial charge < -0.3 is 9.80 Å². The Bertz CT molecular complexity index is 938. The molecule has 0 atom stereocenters. The molecule has 0 radical (unpaired) electrons. The molecule has 0 spiro atoms. The van der Waals surface area contributed by atoms with E-state index in [1.165, 1.54) is 17.8 Å². The molecule has 2 aromatic carbocycles. The number of rotatable bonds is 2. The second-order valence-electron chi connectivity index (χ2n) is 6.26. The molecule has 4 nitrogen and oxygen atoms in total. The Labute approximate surface area is 166 Å². The minimum Gasteiger partial charge on any atom is -0.366 e. The molecule has 138 valence electrons. The summed E-state index contributed by atoms with van der Waals surface area (Å²) in [6.07, 6.45) is 1.78. The van der Waals surface area contributed by atoms with Crippen LogP contribution in [-0.4, -0.2) is 42.2 Å². The zero-order chi connectivity index (χ0) is 18.8. The van der Waals surface area contributed by atoms with Crippen molar-refractivity contribution in [2.75, 3.05) is 31.1 Å². The standard InChI is InChI=1S/C20H17ClFN3OS/c21-15-6-2-1-5-14(15)13-18-19(26)23-20(27-18)25-11-9-24(10-12-25)17-8-4-3-7-16(17)22/h1-8,13H,9-12H2/b18-13-. The maximum absolute atomic E-state index is 14.0. The highest BCUT2D eigenvalue weighted by molar-refractivity contribution is 8.18. The van der Waals surface area contributed by atoms with Gasteiger partial charge in [0.15, 0.2) is 5.17 Å². The van der Waals surface area contributed by atoms with Crippen LogP contribution >= 0.6 is 23.4 Å². The number of hydrogen-bond donors (Lipinski definition) is 0. The van der Waals surface area contributed by atoms with Gasteiger partial charge in [-0.1, -0.05) is 41.9 Å². The number of para-hydroxylation sites is 1. The molecular weight excluding hydrogens is 385 g/mol. The predicted molar refractivity (Wildman–Crippen MR) is 110 cm³/mol. The summed E-state index contributed by atoms with van der Waals surface area (Å²) in [6.45, 7) is 2.73. The quantitative estimate of drug-likeness (QED) is 0.704. The molecule has 27 heavy (non-hydrogen) atoms. The van der Waals surface area contributed by atoms with E-state index >= 15 is 0 Å². The van der Waals surface area contributed by atoms with Gasteiger partial charge in [-0.15, -0.1) is 0 Å². The summed E-state index contributed by atoms with van der Waals surface area (Å²) in [5, 5.41) is 1.30. The highest BCUT2D eigenvalue weighted by Crippen LogP contribution is 2.32. The van der Waals surface area contributed by atoms with Crippen LogP contribution in [-0.2, 0) is 4.79 Å². The molecule has 7 heteroatoms. The lowest BCUT2D eigenvalue weighted by molar-refractivity contribution is -0.113. The highest BCUT2D eigenvalue weighted by atomic mass is 35.5. The summed E-state index contributed by atoms with van der Waals surface area (Å²) >= 11 is 7.54. The van der Waals surface area contributed by atoms with Crippen molar-refractivity contribution in [2.24, 2.45) is 4.99 Å². The molecule has 1 saturated heterocycles. The Morgan fingerprint density at radius 1 is 1.00 bits per heavy atom. The first-order valence-corrected chi connectivity index (χ1v) is 9.83. The van der Waals surface area contributed by atoms with Crippen molar-refractivity contribution >= 4 is 46.2 Å². The van der Waals surface area contributed by atoms with Gasteiger partial charge in [0.2, 0.25) is 0 Å². The SMILES string of the molecule is O=C1N=C(N2CCN(c3ccccc3F)CC2)S/C1=C\c1ccccc1Cl. The summed E-state index contributed by atoms with van der Waals surface area (Å²) in [6, 6.07) is 14.2. The van der Waals surface area contributed by atoms with Gasteiger partial charge in [-0.3, -0.25) is 4.79 Å². The Morgan fingerprint density at radius 2 is 1.67 bits per heavy atom. The van der Waals surface area contributed by atoms with E-state index in [1.54, 1.807) is 24.3 Å². The second-order valence-corrected chi connectivity index (χ2v) is 7.67. The fourth-order valence-corrected chi connectivity index (χ4v) is 4.26. The smallest absolute Gasteiger partial charge is 0.286 e. The van der Waals surface area contributed by atoms with E-state index in [4.69, 9.17) is 11.6 Å². The summed E-state index contributed by atoms with van der Waals surface area (Å²) in [4.78, 5) is 21.1. The van der Waals surface area contributed by atoms with Gasteiger partial charge in [0, 0.05) is 31.2 Å². The number of carbonyl (C=O) groups excluding carboxylic acids is 1. The fourth-order valence-electron chi connectivity index (χ4n) is 3.11. The van der Waals surface area contributed by atoms with E-state index in [0.29, 0.717) is 47.0 Å². The third kappa shape index (κ3) is 3.87. The largest absolute Gasteiger partial charge is 0.366 e. The Kier molecular flexibility index (Phi) is 5.18. The van der Waals surface area contributed by atoms with E-state index in [2.05, 4.69) is 9.89 Å². The molecule has 2 aliphatic heterocycles. The first-order chi connectivity index (χ1) is 13.1. The minimum absolute atomic E-state index is 0.210. The van der Waals surface area contributed by atoms with Crippen LogP contribution in [0.25, 0.3) is 6.08 Å². The molecule has 0 aliphatic carbocycles. The Morgan fingerprint density at radius 3 is 2.41 bits per heavy atom. The van der Waals surface area contributed by atoms with Gasteiger partial charge in [-0.2, -0.15) is 4.99 Å². The number of piperazine rings is 1. The lowest BCUT2D eigenvalue weighted by atomic mass is 10.2. The normalized spacial score (nSPS) is 19.0. The highest BCUT2D eigenvalue weighted by Gasteiger charge is 2.29. The molecule has 0 N–H and O–H groups in total. The lowest BCUT2D eigenvalue weighted by Gasteiger charge is -2.36. The molecule has 1 fully saturated rings. The van der Waals surface area contributed by atoms with Crippen LogP contribution in [0.2, 0.25) is 5.02 Å². The van der Waals surface area contributed by atoms with Crippen molar-refractivity contribution < 1.29 is 9.18 Å². The van der Waals surface area contributed by atoms with Crippen LogP contribution < -0.4 is 4.90 Å². The average molecular weight is 402 g/mol. The van der Waals surface area contributed by atoms with Crippen molar-refractivity contribution in [3.63, 3.8) is 0 Å². The van der Waals surface area contributed by atoms with Gasteiger partial charge in [-0.05, 0) is 41.6 Å². The van der Waals surface area contributed by atoms with Crippen LogP contribution in [0, 0.1) is 5.82 Å². The molecule has 2 heterocycles. The third-order valence-electron chi connectivity index (χ3n) is 4.54. The van der Waals surface area contributed by atoms with Gasteiger partial charge in [0.1, 0.15) is 5.82 Å². The fraction of sp³-hybridized carbons (Fsp3) is 0.200. The number of thioether (sulfide) groups is 1. The lowest BCUT2D eigenvalue weighted by Crippen LogP contribution is -2.48. The molecule has 2 aromatic rings. The maximum atomic E-state index is 14.0. The number of aliphatic imine (C=N–C) groups is 1. The number of anilines is 1. The van der Waals surface area contributed by atoms with E-state index in [-0.39, 0.29) is 11.7 Å². The van der Waals surface area contributed by atoms with E-state index in [0.717, 1.165) is 5.56 Å².